The van der Waals surface area contributed by atoms with Crippen LogP contribution in [0.2, 0.25) is 0 Å². The van der Waals surface area contributed by atoms with E-state index in [1.54, 1.807) is 0 Å². The van der Waals surface area contributed by atoms with Crippen molar-refractivity contribution in [3.63, 3.8) is 0 Å². The van der Waals surface area contributed by atoms with Gasteiger partial charge in [0.1, 0.15) is 0 Å². The molecule has 22 heavy (non-hydrogen) atoms. The molecular weight excluding hydrogens is 272 g/mol. The summed E-state index contributed by atoms with van der Waals surface area (Å²) >= 11 is 0. The zero-order valence-electron chi connectivity index (χ0n) is 14.6. The number of likely N-dealkylation sites (N-methyl/N-ethyl adjacent to an activating group) is 1. The number of guanidine groups is 1. The fourth-order valence-corrected chi connectivity index (χ4v) is 2.87. The maximum atomic E-state index is 4.43. The van der Waals surface area contributed by atoms with Crippen LogP contribution in [0, 0.1) is 12.8 Å². The van der Waals surface area contributed by atoms with Crippen molar-refractivity contribution in [3.05, 3.63) is 35.4 Å². The lowest BCUT2D eigenvalue weighted by Crippen LogP contribution is -2.46. The Labute approximate surface area is 135 Å². The topological polar surface area (TPSA) is 30.9 Å². The van der Waals surface area contributed by atoms with E-state index >= 15 is 0 Å². The first-order valence-electron chi connectivity index (χ1n) is 8.15. The molecule has 1 fully saturated rings. The predicted molar refractivity (Wildman–Crippen MR) is 94.2 cm³/mol. The second kappa shape index (κ2) is 7.63. The first-order chi connectivity index (χ1) is 10.5. The van der Waals surface area contributed by atoms with Crippen LogP contribution in [0.1, 0.15) is 24.0 Å². The van der Waals surface area contributed by atoms with E-state index in [0.29, 0.717) is 6.04 Å². The summed E-state index contributed by atoms with van der Waals surface area (Å²) in [6.07, 6.45) is 2.73. The summed E-state index contributed by atoms with van der Waals surface area (Å²) in [5.74, 6) is 1.82. The van der Waals surface area contributed by atoms with Gasteiger partial charge in [0.2, 0.25) is 0 Å². The number of rotatable bonds is 6. The second-order valence-electron chi connectivity index (χ2n) is 6.64. The summed E-state index contributed by atoms with van der Waals surface area (Å²) in [5.41, 5.74) is 2.61. The van der Waals surface area contributed by atoms with E-state index in [1.807, 2.05) is 7.05 Å². The van der Waals surface area contributed by atoms with E-state index in [-0.39, 0.29) is 0 Å². The van der Waals surface area contributed by atoms with E-state index < -0.39 is 0 Å². The Morgan fingerprint density at radius 2 is 1.86 bits per heavy atom. The van der Waals surface area contributed by atoms with Crippen molar-refractivity contribution in [2.45, 2.75) is 32.4 Å². The third-order valence-corrected chi connectivity index (χ3v) is 4.41. The van der Waals surface area contributed by atoms with Crippen molar-refractivity contribution in [3.8, 4) is 0 Å². The molecule has 122 valence electrons. The zero-order chi connectivity index (χ0) is 16.1. The second-order valence-corrected chi connectivity index (χ2v) is 6.64. The predicted octanol–water partition coefficient (Wildman–Crippen LogP) is 2.34. The number of benzene rings is 1. The standard InChI is InChI=1S/C18H30N4/c1-14-6-8-15(9-7-14)13-22(5)18(19-2)20-12-17(21(3)4)16-10-11-16/h6-9,16-17H,10-13H2,1-5H3,(H,19,20). The fraction of sp³-hybridized carbons (Fsp3) is 0.611. The molecule has 1 unspecified atom stereocenters. The van der Waals surface area contributed by atoms with Gasteiger partial charge in [0.25, 0.3) is 0 Å². The molecule has 1 aromatic rings. The molecule has 0 heterocycles. The molecule has 0 aromatic heterocycles. The number of nitrogens with zero attached hydrogens (tertiary/aromatic N) is 3. The minimum Gasteiger partial charge on any atom is -0.355 e. The lowest BCUT2D eigenvalue weighted by atomic mass is 10.1. The molecule has 1 atom stereocenters. The molecule has 1 aliphatic rings. The highest BCUT2D eigenvalue weighted by molar-refractivity contribution is 5.79. The summed E-state index contributed by atoms with van der Waals surface area (Å²) in [5, 5.41) is 3.54. The normalized spacial score (nSPS) is 16.7. The largest absolute Gasteiger partial charge is 0.355 e. The van der Waals surface area contributed by atoms with Crippen LogP contribution in [0.3, 0.4) is 0 Å². The van der Waals surface area contributed by atoms with E-state index in [4.69, 9.17) is 0 Å². The van der Waals surface area contributed by atoms with Gasteiger partial charge in [-0.15, -0.1) is 0 Å². The molecule has 0 amide bonds. The van der Waals surface area contributed by atoms with Gasteiger partial charge in [-0.3, -0.25) is 4.99 Å². The third kappa shape index (κ3) is 4.73. The average Bonchev–Trinajstić information content (AvgIpc) is 3.30. The minimum absolute atomic E-state index is 0.601. The highest BCUT2D eigenvalue weighted by Gasteiger charge is 2.32. The average molecular weight is 302 g/mol. The van der Waals surface area contributed by atoms with Crippen molar-refractivity contribution in [2.24, 2.45) is 10.9 Å². The molecule has 2 rings (SSSR count). The number of aliphatic imine (C=N–C) groups is 1. The van der Waals surface area contributed by atoms with Gasteiger partial charge in [-0.05, 0) is 45.3 Å². The molecule has 1 N–H and O–H groups in total. The van der Waals surface area contributed by atoms with Crippen molar-refractivity contribution in [1.82, 2.24) is 15.1 Å². The van der Waals surface area contributed by atoms with Crippen LogP contribution < -0.4 is 5.32 Å². The lowest BCUT2D eigenvalue weighted by molar-refractivity contribution is 0.262. The lowest BCUT2D eigenvalue weighted by Gasteiger charge is -2.28. The van der Waals surface area contributed by atoms with Crippen LogP contribution in [-0.2, 0) is 6.54 Å². The highest BCUT2D eigenvalue weighted by Crippen LogP contribution is 2.34. The number of hydrogen-bond acceptors (Lipinski definition) is 2. The number of aryl methyl sites for hydroxylation is 1. The Morgan fingerprint density at radius 3 is 2.36 bits per heavy atom. The molecule has 1 saturated carbocycles. The van der Waals surface area contributed by atoms with Gasteiger partial charge in [0.15, 0.2) is 5.96 Å². The quantitative estimate of drug-likeness (QED) is 0.646. The number of nitrogens with one attached hydrogen (secondary N) is 1. The summed E-state index contributed by atoms with van der Waals surface area (Å²) < 4.78 is 0. The number of hydrogen-bond donors (Lipinski definition) is 1. The summed E-state index contributed by atoms with van der Waals surface area (Å²) in [4.78, 5) is 8.94. The van der Waals surface area contributed by atoms with Crippen molar-refractivity contribution in [1.29, 1.82) is 0 Å². The Balaban J connectivity index is 1.88. The van der Waals surface area contributed by atoms with Crippen molar-refractivity contribution in [2.75, 3.05) is 34.7 Å². The van der Waals surface area contributed by atoms with Crippen LogP contribution in [0.25, 0.3) is 0 Å². The third-order valence-electron chi connectivity index (χ3n) is 4.41. The summed E-state index contributed by atoms with van der Waals surface area (Å²) in [7, 11) is 8.29. The molecule has 4 heteroatoms. The van der Waals surface area contributed by atoms with Gasteiger partial charge >= 0.3 is 0 Å². The first-order valence-corrected chi connectivity index (χ1v) is 8.15. The minimum atomic E-state index is 0.601. The van der Waals surface area contributed by atoms with Crippen molar-refractivity contribution < 1.29 is 0 Å². The van der Waals surface area contributed by atoms with Crippen LogP contribution in [-0.4, -0.2) is 56.5 Å². The van der Waals surface area contributed by atoms with Gasteiger partial charge in [-0.2, -0.15) is 0 Å². The van der Waals surface area contributed by atoms with Crippen LogP contribution >= 0.6 is 0 Å². The van der Waals surface area contributed by atoms with Gasteiger partial charge in [-0.25, -0.2) is 0 Å². The van der Waals surface area contributed by atoms with E-state index in [0.717, 1.165) is 25.0 Å². The highest BCUT2D eigenvalue weighted by atomic mass is 15.3. The van der Waals surface area contributed by atoms with Gasteiger partial charge in [0, 0.05) is 33.2 Å². The molecular formula is C18H30N4. The molecule has 4 nitrogen and oxygen atoms in total. The fourth-order valence-electron chi connectivity index (χ4n) is 2.87. The van der Waals surface area contributed by atoms with Crippen molar-refractivity contribution >= 4 is 5.96 Å². The van der Waals surface area contributed by atoms with Crippen LogP contribution in [0.15, 0.2) is 29.3 Å². The smallest absolute Gasteiger partial charge is 0.193 e. The van der Waals surface area contributed by atoms with Gasteiger partial charge < -0.3 is 15.1 Å². The van der Waals surface area contributed by atoms with Crippen LogP contribution in [0.5, 0.6) is 0 Å². The molecule has 0 radical (unpaired) electrons. The molecule has 1 aromatic carbocycles. The van der Waals surface area contributed by atoms with Crippen LogP contribution in [0.4, 0.5) is 0 Å². The Kier molecular flexibility index (Phi) is 5.83. The monoisotopic (exact) mass is 302 g/mol. The SMILES string of the molecule is CN=C(NCC(C1CC1)N(C)C)N(C)Cc1ccc(C)cc1. The molecule has 0 aliphatic heterocycles. The van der Waals surface area contributed by atoms with E-state index in [2.05, 4.69) is 72.4 Å². The Bertz CT molecular complexity index is 486. The maximum absolute atomic E-state index is 4.43. The molecule has 0 spiro atoms. The zero-order valence-corrected chi connectivity index (χ0v) is 14.6. The first kappa shape index (κ1) is 16.8. The molecule has 0 saturated heterocycles. The van der Waals surface area contributed by atoms with Gasteiger partial charge in [-0.1, -0.05) is 29.8 Å². The van der Waals surface area contributed by atoms with Gasteiger partial charge in [0.05, 0.1) is 0 Å². The Morgan fingerprint density at radius 1 is 1.23 bits per heavy atom. The molecule has 0 bridgehead atoms. The summed E-state index contributed by atoms with van der Waals surface area (Å²) in [6, 6.07) is 9.30. The Hall–Kier alpha value is -1.55. The molecule has 1 aliphatic carbocycles. The summed E-state index contributed by atoms with van der Waals surface area (Å²) in [6.45, 7) is 3.95. The maximum Gasteiger partial charge on any atom is 0.193 e. The van der Waals surface area contributed by atoms with E-state index in [9.17, 15) is 0 Å². The van der Waals surface area contributed by atoms with E-state index in [1.165, 1.54) is 24.0 Å².